The van der Waals surface area contributed by atoms with Gasteiger partial charge in [-0.1, -0.05) is 6.92 Å². The molecule has 1 aromatic carbocycles. The van der Waals surface area contributed by atoms with E-state index in [1.807, 2.05) is 6.92 Å². The molecular formula is C16H18N4O3. The molecule has 0 aliphatic carbocycles. The number of methoxy groups -OCH3 is 1. The van der Waals surface area contributed by atoms with Crippen LogP contribution in [0.3, 0.4) is 0 Å². The monoisotopic (exact) mass is 314 g/mol. The van der Waals surface area contributed by atoms with Crippen molar-refractivity contribution in [1.82, 2.24) is 9.97 Å². The molecule has 0 atom stereocenters. The second-order valence-electron chi connectivity index (χ2n) is 4.72. The van der Waals surface area contributed by atoms with E-state index in [9.17, 15) is 9.59 Å². The van der Waals surface area contributed by atoms with Crippen molar-refractivity contribution in [2.45, 2.75) is 13.3 Å². The predicted octanol–water partition coefficient (Wildman–Crippen LogP) is 2.34. The van der Waals surface area contributed by atoms with E-state index in [4.69, 9.17) is 0 Å². The van der Waals surface area contributed by atoms with E-state index in [1.54, 1.807) is 24.3 Å². The Labute approximate surface area is 134 Å². The van der Waals surface area contributed by atoms with Gasteiger partial charge in [0.1, 0.15) is 5.69 Å². The minimum atomic E-state index is -0.426. The highest BCUT2D eigenvalue weighted by molar-refractivity contribution is 6.03. The van der Waals surface area contributed by atoms with Gasteiger partial charge in [0.05, 0.1) is 12.7 Å². The van der Waals surface area contributed by atoms with Gasteiger partial charge in [0.15, 0.2) is 0 Å². The molecule has 0 aliphatic heterocycles. The van der Waals surface area contributed by atoms with Crippen molar-refractivity contribution in [2.75, 3.05) is 24.3 Å². The van der Waals surface area contributed by atoms with Gasteiger partial charge in [-0.2, -0.15) is 0 Å². The van der Waals surface area contributed by atoms with Gasteiger partial charge in [0, 0.05) is 18.4 Å². The fourth-order valence-corrected chi connectivity index (χ4v) is 1.81. The third-order valence-corrected chi connectivity index (χ3v) is 2.99. The highest BCUT2D eigenvalue weighted by atomic mass is 16.5. The molecule has 7 nitrogen and oxygen atoms in total. The first kappa shape index (κ1) is 16.4. The normalized spacial score (nSPS) is 10.0. The number of hydrogen-bond acceptors (Lipinski definition) is 6. The summed E-state index contributed by atoms with van der Waals surface area (Å²) in [5.74, 6) is -0.358. The Morgan fingerprint density at radius 2 is 1.91 bits per heavy atom. The molecule has 0 aliphatic rings. The van der Waals surface area contributed by atoms with Crippen molar-refractivity contribution >= 4 is 23.5 Å². The van der Waals surface area contributed by atoms with Crippen LogP contribution in [0.2, 0.25) is 0 Å². The Kier molecular flexibility index (Phi) is 5.62. The maximum Gasteiger partial charge on any atom is 0.337 e. The average Bonchev–Trinajstić information content (AvgIpc) is 2.60. The zero-order valence-electron chi connectivity index (χ0n) is 13.0. The topological polar surface area (TPSA) is 93.2 Å². The Balaban J connectivity index is 2.05. The largest absolute Gasteiger partial charge is 0.465 e. The van der Waals surface area contributed by atoms with Crippen molar-refractivity contribution in [1.29, 1.82) is 0 Å². The van der Waals surface area contributed by atoms with Crippen molar-refractivity contribution < 1.29 is 14.3 Å². The molecule has 120 valence electrons. The van der Waals surface area contributed by atoms with E-state index in [0.29, 0.717) is 17.2 Å². The molecule has 1 heterocycles. The molecule has 0 unspecified atom stereocenters. The van der Waals surface area contributed by atoms with Gasteiger partial charge in [0.25, 0.3) is 5.91 Å². The lowest BCUT2D eigenvalue weighted by molar-refractivity contribution is 0.0600. The fraction of sp³-hybridized carbons (Fsp3) is 0.250. The Hall–Kier alpha value is -2.96. The lowest BCUT2D eigenvalue weighted by Crippen LogP contribution is -2.15. The number of aromatic nitrogens is 2. The van der Waals surface area contributed by atoms with Gasteiger partial charge in [0.2, 0.25) is 5.95 Å². The Bertz CT molecular complexity index is 686. The smallest absolute Gasteiger partial charge is 0.337 e. The first-order valence-corrected chi connectivity index (χ1v) is 7.20. The summed E-state index contributed by atoms with van der Waals surface area (Å²) >= 11 is 0. The van der Waals surface area contributed by atoms with Crippen LogP contribution in [0.4, 0.5) is 11.6 Å². The molecule has 2 rings (SSSR count). The van der Waals surface area contributed by atoms with Crippen LogP contribution in [0.5, 0.6) is 0 Å². The van der Waals surface area contributed by atoms with E-state index in [0.717, 1.165) is 13.0 Å². The average molecular weight is 314 g/mol. The summed E-state index contributed by atoms with van der Waals surface area (Å²) in [4.78, 5) is 31.8. The van der Waals surface area contributed by atoms with E-state index in [2.05, 4.69) is 25.3 Å². The van der Waals surface area contributed by atoms with Crippen LogP contribution in [-0.2, 0) is 4.74 Å². The lowest BCUT2D eigenvalue weighted by Gasteiger charge is -2.07. The molecule has 1 aromatic heterocycles. The van der Waals surface area contributed by atoms with Crippen LogP contribution >= 0.6 is 0 Å². The molecular weight excluding hydrogens is 296 g/mol. The van der Waals surface area contributed by atoms with Gasteiger partial charge in [-0.15, -0.1) is 0 Å². The van der Waals surface area contributed by atoms with Crippen LogP contribution in [0.1, 0.15) is 34.2 Å². The Morgan fingerprint density at radius 1 is 1.17 bits per heavy atom. The van der Waals surface area contributed by atoms with Crippen LogP contribution in [0.15, 0.2) is 36.5 Å². The minimum absolute atomic E-state index is 0.260. The van der Waals surface area contributed by atoms with E-state index < -0.39 is 5.97 Å². The SMILES string of the molecule is CCCNc1nccc(C(=O)Nc2ccc(C(=O)OC)cc2)n1. The number of ether oxygens (including phenoxy) is 1. The number of carbonyl (C=O) groups is 2. The molecule has 0 spiro atoms. The zero-order chi connectivity index (χ0) is 16.7. The van der Waals surface area contributed by atoms with Crippen LogP contribution in [0.25, 0.3) is 0 Å². The first-order chi connectivity index (χ1) is 11.1. The molecule has 0 bridgehead atoms. The van der Waals surface area contributed by atoms with Gasteiger partial charge in [-0.3, -0.25) is 4.79 Å². The summed E-state index contributed by atoms with van der Waals surface area (Å²) < 4.78 is 4.62. The Morgan fingerprint density at radius 3 is 2.57 bits per heavy atom. The second-order valence-corrected chi connectivity index (χ2v) is 4.72. The van der Waals surface area contributed by atoms with Crippen molar-refractivity contribution in [3.63, 3.8) is 0 Å². The first-order valence-electron chi connectivity index (χ1n) is 7.20. The quantitative estimate of drug-likeness (QED) is 0.795. The number of anilines is 2. The number of nitrogens with one attached hydrogen (secondary N) is 2. The maximum atomic E-state index is 12.2. The molecule has 0 saturated carbocycles. The van der Waals surface area contributed by atoms with Crippen LogP contribution in [-0.4, -0.2) is 35.5 Å². The number of rotatable bonds is 6. The van der Waals surface area contributed by atoms with E-state index in [1.165, 1.54) is 19.4 Å². The summed E-state index contributed by atoms with van der Waals surface area (Å²) in [6.07, 6.45) is 2.46. The van der Waals surface area contributed by atoms with Crippen molar-refractivity contribution in [2.24, 2.45) is 0 Å². The summed E-state index contributed by atoms with van der Waals surface area (Å²) in [5.41, 5.74) is 1.23. The molecule has 2 aromatic rings. The van der Waals surface area contributed by atoms with Gasteiger partial charge >= 0.3 is 5.97 Å². The van der Waals surface area contributed by atoms with E-state index in [-0.39, 0.29) is 11.6 Å². The summed E-state index contributed by atoms with van der Waals surface area (Å²) in [6, 6.07) is 7.95. The number of hydrogen-bond donors (Lipinski definition) is 2. The highest BCUT2D eigenvalue weighted by Gasteiger charge is 2.10. The van der Waals surface area contributed by atoms with Crippen LogP contribution in [0, 0.1) is 0 Å². The van der Waals surface area contributed by atoms with Crippen molar-refractivity contribution in [3.8, 4) is 0 Å². The van der Waals surface area contributed by atoms with Gasteiger partial charge in [-0.25, -0.2) is 14.8 Å². The molecule has 0 saturated heterocycles. The molecule has 2 N–H and O–H groups in total. The number of esters is 1. The number of carbonyl (C=O) groups excluding carboxylic acids is 2. The van der Waals surface area contributed by atoms with Crippen molar-refractivity contribution in [3.05, 3.63) is 47.8 Å². The maximum absolute atomic E-state index is 12.2. The zero-order valence-corrected chi connectivity index (χ0v) is 13.0. The van der Waals surface area contributed by atoms with Gasteiger partial charge < -0.3 is 15.4 Å². The minimum Gasteiger partial charge on any atom is -0.465 e. The summed E-state index contributed by atoms with van der Waals surface area (Å²) in [6.45, 7) is 2.77. The van der Waals surface area contributed by atoms with Gasteiger partial charge in [-0.05, 0) is 36.8 Å². The number of nitrogens with zero attached hydrogens (tertiary/aromatic N) is 2. The summed E-state index contributed by atoms with van der Waals surface area (Å²) in [5, 5.41) is 5.74. The molecule has 0 fully saturated rings. The van der Waals surface area contributed by atoms with Crippen LogP contribution < -0.4 is 10.6 Å². The third-order valence-electron chi connectivity index (χ3n) is 2.99. The summed E-state index contributed by atoms with van der Waals surface area (Å²) in [7, 11) is 1.32. The highest BCUT2D eigenvalue weighted by Crippen LogP contribution is 2.12. The number of benzene rings is 1. The predicted molar refractivity (Wildman–Crippen MR) is 86.5 cm³/mol. The second kappa shape index (κ2) is 7.88. The third kappa shape index (κ3) is 4.50. The molecule has 1 amide bonds. The molecule has 0 radical (unpaired) electrons. The standard InChI is InChI=1S/C16H18N4O3/c1-3-9-17-16-18-10-8-13(20-16)14(21)19-12-6-4-11(5-7-12)15(22)23-2/h4-8,10H,3,9H2,1-2H3,(H,19,21)(H,17,18,20). The van der Waals surface area contributed by atoms with E-state index >= 15 is 0 Å². The number of amides is 1. The molecule has 7 heteroatoms. The lowest BCUT2D eigenvalue weighted by atomic mass is 10.2. The molecule has 23 heavy (non-hydrogen) atoms. The fourth-order valence-electron chi connectivity index (χ4n) is 1.81.